The number of ketones is 1. The molecule has 0 aromatic carbocycles. The lowest BCUT2D eigenvalue weighted by atomic mass is 9.74. The van der Waals surface area contributed by atoms with Crippen LogP contribution in [0.3, 0.4) is 0 Å². The first kappa shape index (κ1) is 44.6. The van der Waals surface area contributed by atoms with E-state index in [1.165, 1.54) is 0 Å². The quantitative estimate of drug-likeness (QED) is 0.0220. The number of rotatable bonds is 22. The van der Waals surface area contributed by atoms with Crippen LogP contribution in [0.5, 0.6) is 0 Å². The Kier molecular flexibility index (Phi) is 18.6. The number of aliphatic hydroxyl groups is 7. The van der Waals surface area contributed by atoms with Crippen LogP contribution in [0, 0.1) is 5.92 Å². The molecule has 2 saturated heterocycles. The zero-order valence-corrected chi connectivity index (χ0v) is 29.3. The molecule has 0 bridgehead atoms. The van der Waals surface area contributed by atoms with Crippen LogP contribution in [0.2, 0.25) is 0 Å². The minimum absolute atomic E-state index is 0.0306. The first-order valence-corrected chi connectivity index (χ1v) is 17.5. The van der Waals surface area contributed by atoms with Gasteiger partial charge in [-0.3, -0.25) is 14.6 Å². The maximum atomic E-state index is 13.9. The van der Waals surface area contributed by atoms with Gasteiger partial charge in [-0.05, 0) is 31.6 Å². The Balaban J connectivity index is 2.45. The van der Waals surface area contributed by atoms with Crippen LogP contribution in [0.1, 0.15) is 78.1 Å². The van der Waals surface area contributed by atoms with Gasteiger partial charge >= 0.3 is 5.97 Å². The third-order valence-electron chi connectivity index (χ3n) is 9.48. The number of carboxylic acids is 1. The first-order chi connectivity index (χ1) is 24.1. The molecular weight excluding hydrogens is 678 g/mol. The van der Waals surface area contributed by atoms with Crippen LogP contribution < -0.4 is 22.5 Å². The van der Waals surface area contributed by atoms with E-state index in [9.17, 15) is 55.2 Å². The standard InChI is InChI=1S/C32H59N5O14/c1-3-4-5-6-7-8-10-17(13-32(30(47)48,37-16(2)40)28(46)18(33)11-9-12-36-31(34)35)26-23(43)24(44)27(20(15-39)49-26)51-29-25(45)22(42)21(41)19(14-38)50-29/h17-27,29,38-39,41-45H,3-15,33H2,1-2H3,(H,37,40)(H,47,48)(H4,34,35,36)/t17?,18-,19+,20+,21-,22-,23+,24+,25+,26?,27+,29-,32?/m0/s1. The fraction of sp³-hybridized carbons (Fsp3) is 0.875. The van der Waals surface area contributed by atoms with Crippen molar-refractivity contribution in [1.82, 2.24) is 5.32 Å². The lowest BCUT2D eigenvalue weighted by molar-refractivity contribution is -0.344. The Hall–Kier alpha value is -2.56. The summed E-state index contributed by atoms with van der Waals surface area (Å²) >= 11 is 0. The molecule has 0 spiro atoms. The van der Waals surface area contributed by atoms with Gasteiger partial charge in [0.1, 0.15) is 48.8 Å². The Bertz CT molecular complexity index is 1130. The van der Waals surface area contributed by atoms with Crippen molar-refractivity contribution in [3.8, 4) is 0 Å². The van der Waals surface area contributed by atoms with Crippen LogP contribution >= 0.6 is 0 Å². The Labute approximate surface area is 297 Å². The summed E-state index contributed by atoms with van der Waals surface area (Å²) in [7, 11) is 0. The van der Waals surface area contributed by atoms with Gasteiger partial charge in [0.2, 0.25) is 5.91 Å². The monoisotopic (exact) mass is 737 g/mol. The van der Waals surface area contributed by atoms with Gasteiger partial charge in [0, 0.05) is 13.5 Å². The number of aliphatic imine (C=N–C) groups is 1. The number of carbonyl (C=O) groups is 3. The van der Waals surface area contributed by atoms with E-state index in [0.29, 0.717) is 12.8 Å². The predicted octanol–water partition coefficient (Wildman–Crippen LogP) is -3.68. The molecule has 2 aliphatic heterocycles. The molecule has 0 radical (unpaired) electrons. The Morgan fingerprint density at radius 2 is 1.47 bits per heavy atom. The molecule has 19 heteroatoms. The number of hydrogen-bond donors (Lipinski definition) is 12. The zero-order chi connectivity index (χ0) is 38.5. The van der Waals surface area contributed by atoms with Gasteiger partial charge in [0.15, 0.2) is 23.6 Å². The van der Waals surface area contributed by atoms with Crippen LogP contribution in [0.4, 0.5) is 0 Å². The van der Waals surface area contributed by atoms with Gasteiger partial charge in [-0.2, -0.15) is 0 Å². The molecule has 296 valence electrons. The number of carbonyl (C=O) groups excluding carboxylic acids is 2. The van der Waals surface area contributed by atoms with Crippen LogP contribution in [-0.2, 0) is 28.6 Å². The smallest absolute Gasteiger partial charge is 0.337 e. The second-order valence-electron chi connectivity index (χ2n) is 13.4. The second-order valence-corrected chi connectivity index (χ2v) is 13.4. The summed E-state index contributed by atoms with van der Waals surface area (Å²) in [5.41, 5.74) is 14.3. The number of carboxylic acid groups (broad SMARTS) is 1. The van der Waals surface area contributed by atoms with E-state index in [1.54, 1.807) is 0 Å². The number of hydrogen-bond acceptors (Lipinski definition) is 15. The minimum atomic E-state index is -2.58. The number of aliphatic hydroxyl groups excluding tert-OH is 7. The summed E-state index contributed by atoms with van der Waals surface area (Å²) in [5.74, 6) is -4.77. The molecule has 0 aromatic rings. The van der Waals surface area contributed by atoms with Gasteiger partial charge in [-0.15, -0.1) is 0 Å². The summed E-state index contributed by atoms with van der Waals surface area (Å²) in [6.07, 6.45) is -11.9. The molecule has 3 unspecified atom stereocenters. The van der Waals surface area contributed by atoms with Gasteiger partial charge in [-0.1, -0.05) is 45.4 Å². The van der Waals surface area contributed by atoms with E-state index in [2.05, 4.69) is 17.2 Å². The highest BCUT2D eigenvalue weighted by atomic mass is 16.7. The lowest BCUT2D eigenvalue weighted by Gasteiger charge is -2.48. The van der Waals surface area contributed by atoms with Crippen molar-refractivity contribution < 1.29 is 69.4 Å². The number of guanidine groups is 1. The topological polar surface area (TPSA) is 343 Å². The maximum absolute atomic E-state index is 13.9. The molecule has 2 heterocycles. The number of nitrogens with two attached hydrogens (primary N) is 3. The number of nitrogens with one attached hydrogen (secondary N) is 1. The molecule has 15 N–H and O–H groups in total. The van der Waals surface area contributed by atoms with Crippen molar-refractivity contribution in [2.24, 2.45) is 28.1 Å². The van der Waals surface area contributed by atoms with Crippen molar-refractivity contribution in [3.05, 3.63) is 0 Å². The summed E-state index contributed by atoms with van der Waals surface area (Å²) < 4.78 is 17.1. The van der Waals surface area contributed by atoms with E-state index in [1.807, 2.05) is 0 Å². The van der Waals surface area contributed by atoms with Crippen LogP contribution in [-0.4, -0.2) is 157 Å². The van der Waals surface area contributed by atoms with Gasteiger partial charge in [0.25, 0.3) is 0 Å². The first-order valence-electron chi connectivity index (χ1n) is 17.5. The summed E-state index contributed by atoms with van der Waals surface area (Å²) in [5, 5.41) is 86.3. The van der Waals surface area contributed by atoms with E-state index < -0.39 is 116 Å². The van der Waals surface area contributed by atoms with Crippen LogP contribution in [0.15, 0.2) is 4.99 Å². The van der Waals surface area contributed by atoms with Crippen molar-refractivity contribution >= 4 is 23.6 Å². The second kappa shape index (κ2) is 21.2. The van der Waals surface area contributed by atoms with E-state index in [-0.39, 0.29) is 31.8 Å². The largest absolute Gasteiger partial charge is 0.479 e. The lowest BCUT2D eigenvalue weighted by Crippen LogP contribution is -2.67. The van der Waals surface area contributed by atoms with Crippen LogP contribution in [0.25, 0.3) is 0 Å². The molecule has 0 aromatic heterocycles. The molecule has 2 fully saturated rings. The predicted molar refractivity (Wildman–Crippen MR) is 180 cm³/mol. The minimum Gasteiger partial charge on any atom is -0.479 e. The number of amides is 1. The maximum Gasteiger partial charge on any atom is 0.337 e. The zero-order valence-electron chi connectivity index (χ0n) is 29.3. The normalized spacial score (nSPS) is 32.0. The summed E-state index contributed by atoms with van der Waals surface area (Å²) in [6, 6.07) is -1.37. The van der Waals surface area contributed by atoms with Crippen molar-refractivity contribution in [1.29, 1.82) is 0 Å². The van der Waals surface area contributed by atoms with Gasteiger partial charge in [-0.25, -0.2) is 4.79 Å². The Morgan fingerprint density at radius 3 is 2.04 bits per heavy atom. The molecular formula is C32H59N5O14. The molecule has 2 rings (SSSR count). The van der Waals surface area contributed by atoms with E-state index in [4.69, 9.17) is 31.4 Å². The molecule has 0 saturated carbocycles. The third kappa shape index (κ3) is 12.0. The number of aliphatic carboxylic acids is 1. The SMILES string of the molecule is CCCCCCCCC(CC(NC(C)=O)(C(=O)O)C(=O)[C@@H](N)CCCN=C(N)N)C1O[C@H](CO)[C@@H](O[C@@H]2O[C@H](CO)[C@H](O)[C@H](O)[C@H]2O)[C@H](O)[C@H]1O. The average Bonchev–Trinajstić information content (AvgIpc) is 3.08. The molecule has 13 atom stereocenters. The van der Waals surface area contributed by atoms with Gasteiger partial charge < -0.3 is 77.6 Å². The molecule has 1 amide bonds. The van der Waals surface area contributed by atoms with Gasteiger partial charge in [0.05, 0.1) is 25.4 Å². The number of Topliss-reactive ketones (excluding diaryl/α,β-unsaturated/α-hetero) is 1. The average molecular weight is 738 g/mol. The highest BCUT2D eigenvalue weighted by Crippen LogP contribution is 2.37. The fourth-order valence-corrected chi connectivity index (χ4v) is 6.70. The summed E-state index contributed by atoms with van der Waals surface area (Å²) in [4.78, 5) is 43.2. The number of nitrogens with zero attached hydrogens (tertiary/aromatic N) is 1. The van der Waals surface area contributed by atoms with Crippen molar-refractivity contribution in [2.45, 2.75) is 151 Å². The highest BCUT2D eigenvalue weighted by Gasteiger charge is 2.55. The Morgan fingerprint density at radius 1 is 0.843 bits per heavy atom. The highest BCUT2D eigenvalue weighted by molar-refractivity contribution is 6.12. The third-order valence-corrected chi connectivity index (χ3v) is 9.48. The van der Waals surface area contributed by atoms with Crippen molar-refractivity contribution in [2.75, 3.05) is 19.8 Å². The number of unbranched alkanes of at least 4 members (excludes halogenated alkanes) is 5. The fourth-order valence-electron chi connectivity index (χ4n) is 6.70. The summed E-state index contributed by atoms with van der Waals surface area (Å²) in [6.45, 7) is 1.63. The molecule has 0 aliphatic carbocycles. The van der Waals surface area contributed by atoms with Crippen molar-refractivity contribution in [3.63, 3.8) is 0 Å². The van der Waals surface area contributed by atoms with E-state index >= 15 is 0 Å². The molecule has 51 heavy (non-hydrogen) atoms. The van der Waals surface area contributed by atoms with E-state index in [0.717, 1.165) is 32.6 Å². The molecule has 2 aliphatic rings. The molecule has 19 nitrogen and oxygen atoms in total. The number of ether oxygens (including phenoxy) is 3.